The molecule has 11 heteroatoms. The fourth-order valence-electron chi connectivity index (χ4n) is 4.05. The van der Waals surface area contributed by atoms with Gasteiger partial charge in [0, 0.05) is 51.5 Å². The number of allylic oxidation sites excluding steroid dienone is 1. The normalized spacial score (nSPS) is 11.6. The topological polar surface area (TPSA) is 126 Å². The number of anilines is 1. The number of aryl methyl sites for hydroxylation is 1. The predicted octanol–water partition coefficient (Wildman–Crippen LogP) is 4.16. The Morgan fingerprint density at radius 2 is 1.95 bits per heavy atom. The smallest absolute Gasteiger partial charge is 0.196 e. The van der Waals surface area contributed by atoms with Crippen LogP contribution in [0.15, 0.2) is 47.7 Å². The van der Waals surface area contributed by atoms with Gasteiger partial charge in [0.2, 0.25) is 0 Å². The third kappa shape index (κ3) is 10.7. The van der Waals surface area contributed by atoms with Crippen molar-refractivity contribution in [3.8, 4) is 0 Å². The van der Waals surface area contributed by atoms with Crippen LogP contribution in [0.25, 0.3) is 23.3 Å². The zero-order valence-electron chi connectivity index (χ0n) is 26.1. The Bertz CT molecular complexity index is 1500. The lowest BCUT2D eigenvalue weighted by Crippen LogP contribution is -2.31. The molecule has 0 radical (unpaired) electrons. The van der Waals surface area contributed by atoms with Crippen LogP contribution in [0.1, 0.15) is 51.5 Å². The van der Waals surface area contributed by atoms with Crippen molar-refractivity contribution >= 4 is 29.1 Å². The minimum absolute atomic E-state index is 0.220. The van der Waals surface area contributed by atoms with Crippen molar-refractivity contribution in [1.82, 2.24) is 24.5 Å². The molecule has 0 aliphatic rings. The predicted molar refractivity (Wildman–Crippen MR) is 170 cm³/mol. The molecule has 4 heterocycles. The Morgan fingerprint density at radius 1 is 1.14 bits per heavy atom. The maximum Gasteiger partial charge on any atom is 0.196 e. The van der Waals surface area contributed by atoms with Gasteiger partial charge in [0.1, 0.15) is 11.6 Å². The molecule has 3 N–H and O–H groups in total. The first-order valence-electron chi connectivity index (χ1n) is 14.7. The van der Waals surface area contributed by atoms with Gasteiger partial charge >= 0.3 is 0 Å². The van der Waals surface area contributed by atoms with Crippen molar-refractivity contribution in [2.75, 3.05) is 38.8 Å². The average Bonchev–Trinajstić information content (AvgIpc) is 3.61. The van der Waals surface area contributed by atoms with Crippen molar-refractivity contribution in [3.63, 3.8) is 0 Å². The molecule has 0 atom stereocenters. The van der Waals surface area contributed by atoms with Crippen molar-refractivity contribution in [2.45, 2.75) is 60.0 Å². The van der Waals surface area contributed by atoms with E-state index in [0.29, 0.717) is 61.3 Å². The summed E-state index contributed by atoms with van der Waals surface area (Å²) >= 11 is 0. The molecule has 0 saturated carbocycles. The van der Waals surface area contributed by atoms with Crippen molar-refractivity contribution in [3.05, 3.63) is 77.2 Å². The van der Waals surface area contributed by atoms with Gasteiger partial charge in [-0.3, -0.25) is 4.98 Å². The summed E-state index contributed by atoms with van der Waals surface area (Å²) in [4.78, 5) is 17.2. The third-order valence-electron chi connectivity index (χ3n) is 6.04. The Morgan fingerprint density at radius 3 is 2.63 bits per heavy atom. The third-order valence-corrected chi connectivity index (χ3v) is 6.04. The van der Waals surface area contributed by atoms with E-state index in [1.54, 1.807) is 31.6 Å². The molecule has 0 bridgehead atoms. The number of rotatable bonds is 14. The Kier molecular flexibility index (Phi) is 16.5. The molecule has 4 rings (SSSR count). The first-order chi connectivity index (χ1) is 21.1. The number of imidazole rings is 1. The van der Waals surface area contributed by atoms with E-state index in [0.717, 1.165) is 30.6 Å². The van der Waals surface area contributed by atoms with Gasteiger partial charge in [0.15, 0.2) is 22.8 Å². The second-order valence-corrected chi connectivity index (χ2v) is 8.86. The van der Waals surface area contributed by atoms with Crippen LogP contribution in [0.5, 0.6) is 0 Å². The SMILES string of the molecule is C=CCC=c1/c(=C\C)nc(CC)n1CCOCCOC.CC.NCCc1nc2c(NCc3ncccc3F)nccc2o1. The van der Waals surface area contributed by atoms with Crippen LogP contribution in [-0.2, 0) is 35.4 Å². The molecule has 4 aromatic rings. The van der Waals surface area contributed by atoms with E-state index in [-0.39, 0.29) is 12.4 Å². The van der Waals surface area contributed by atoms with Crippen molar-refractivity contribution in [1.29, 1.82) is 0 Å². The van der Waals surface area contributed by atoms with E-state index in [2.05, 4.69) is 55.5 Å². The standard InChI is InChI=1S/C16H26N2O2.C14H14FN5O.C2H6/c1-5-8-9-15-14(6-2)17-16(7-3)18(15)10-11-20-13-12-19-4;15-9-2-1-6-17-10(9)8-19-14-13-11(4-7-18-14)21-12(20-13)3-5-16;1-2/h5-6,9H,1,7-8,10-13H2,2-4H3;1-2,4,6-7H,3,5,8,16H2,(H,18,19);1-2H3/b14-6+,15-9?;;. The fraction of sp³-hybridized carbons (Fsp3) is 0.438. The number of pyridine rings is 2. The number of hydrogen-bond acceptors (Lipinski definition) is 9. The largest absolute Gasteiger partial charge is 0.440 e. The number of nitrogens with two attached hydrogens (primary N) is 1. The maximum absolute atomic E-state index is 13.5. The number of oxazole rings is 1. The number of fused-ring (bicyclic) bond motifs is 1. The number of ether oxygens (including phenoxy) is 2. The zero-order valence-corrected chi connectivity index (χ0v) is 26.1. The number of hydrogen-bond donors (Lipinski definition) is 2. The van der Waals surface area contributed by atoms with Crippen LogP contribution in [0.4, 0.5) is 10.2 Å². The van der Waals surface area contributed by atoms with Crippen molar-refractivity contribution < 1.29 is 18.3 Å². The number of nitrogens with one attached hydrogen (secondary N) is 1. The van der Waals surface area contributed by atoms with Crippen molar-refractivity contribution in [2.24, 2.45) is 5.73 Å². The molecule has 0 amide bonds. The number of aromatic nitrogens is 5. The molecule has 10 nitrogen and oxygen atoms in total. The molecule has 0 spiro atoms. The molecule has 0 aromatic carbocycles. The number of nitrogens with zero attached hydrogens (tertiary/aromatic N) is 5. The summed E-state index contributed by atoms with van der Waals surface area (Å²) in [7, 11) is 1.68. The van der Waals surface area contributed by atoms with E-state index in [1.165, 1.54) is 11.4 Å². The van der Waals surface area contributed by atoms with Crippen LogP contribution >= 0.6 is 0 Å². The van der Waals surface area contributed by atoms with Crippen LogP contribution < -0.4 is 21.7 Å². The molecule has 4 aromatic heterocycles. The molecule has 0 saturated heterocycles. The Balaban J connectivity index is 0.000000284. The highest BCUT2D eigenvalue weighted by atomic mass is 19.1. The minimum atomic E-state index is -0.360. The second kappa shape index (κ2) is 20.1. The lowest BCUT2D eigenvalue weighted by molar-refractivity contribution is 0.0661. The lowest BCUT2D eigenvalue weighted by atomic mass is 10.3. The van der Waals surface area contributed by atoms with Gasteiger partial charge in [0.25, 0.3) is 0 Å². The number of halogens is 1. The van der Waals surface area contributed by atoms with E-state index in [1.807, 2.05) is 26.8 Å². The molecule has 0 fully saturated rings. The summed E-state index contributed by atoms with van der Waals surface area (Å²) in [5.41, 5.74) is 7.04. The molecule has 43 heavy (non-hydrogen) atoms. The Hall–Kier alpha value is -3.93. The van der Waals surface area contributed by atoms with Gasteiger partial charge in [-0.05, 0) is 25.5 Å². The average molecular weight is 596 g/mol. The first-order valence-corrected chi connectivity index (χ1v) is 14.7. The van der Waals surface area contributed by atoms with E-state index in [9.17, 15) is 4.39 Å². The van der Waals surface area contributed by atoms with Crippen LogP contribution in [0.2, 0.25) is 0 Å². The fourth-order valence-corrected chi connectivity index (χ4v) is 4.05. The van der Waals surface area contributed by atoms with Gasteiger partial charge in [-0.2, -0.15) is 0 Å². The molecule has 234 valence electrons. The van der Waals surface area contributed by atoms with Crippen LogP contribution in [-0.4, -0.2) is 58.0 Å². The Labute approximate surface area is 253 Å². The minimum Gasteiger partial charge on any atom is -0.440 e. The summed E-state index contributed by atoms with van der Waals surface area (Å²) in [5.74, 6) is 1.84. The molecular weight excluding hydrogens is 549 g/mol. The van der Waals surface area contributed by atoms with E-state index < -0.39 is 0 Å². The molecule has 0 aliphatic carbocycles. The summed E-state index contributed by atoms with van der Waals surface area (Å²) in [6.07, 6.45) is 11.6. The highest BCUT2D eigenvalue weighted by Crippen LogP contribution is 2.22. The van der Waals surface area contributed by atoms with Crippen LogP contribution in [0.3, 0.4) is 0 Å². The van der Waals surface area contributed by atoms with E-state index >= 15 is 0 Å². The van der Waals surface area contributed by atoms with Gasteiger partial charge in [-0.15, -0.1) is 6.58 Å². The van der Waals surface area contributed by atoms with E-state index in [4.69, 9.17) is 19.6 Å². The second-order valence-electron chi connectivity index (χ2n) is 8.86. The maximum atomic E-state index is 13.5. The summed E-state index contributed by atoms with van der Waals surface area (Å²) in [6.45, 7) is 15.4. The molecular formula is C32H46FN7O3. The number of methoxy groups -OCH3 is 1. The highest BCUT2D eigenvalue weighted by Gasteiger charge is 2.11. The van der Waals surface area contributed by atoms with Gasteiger partial charge in [-0.1, -0.05) is 39.0 Å². The molecule has 0 unspecified atom stereocenters. The van der Waals surface area contributed by atoms with Gasteiger partial charge < -0.3 is 29.5 Å². The lowest BCUT2D eigenvalue weighted by Gasteiger charge is -2.08. The quantitative estimate of drug-likeness (QED) is 0.163. The van der Waals surface area contributed by atoms with Crippen LogP contribution in [0, 0.1) is 5.82 Å². The zero-order chi connectivity index (χ0) is 31.5. The summed E-state index contributed by atoms with van der Waals surface area (Å²) in [5, 5.41) is 5.24. The first kappa shape index (κ1) is 35.3. The summed E-state index contributed by atoms with van der Waals surface area (Å²) < 4.78 is 31.9. The monoisotopic (exact) mass is 595 g/mol. The summed E-state index contributed by atoms with van der Waals surface area (Å²) in [6, 6.07) is 4.65. The molecule has 0 aliphatic heterocycles. The van der Waals surface area contributed by atoms with Gasteiger partial charge in [-0.25, -0.2) is 19.3 Å². The highest BCUT2D eigenvalue weighted by molar-refractivity contribution is 5.83. The van der Waals surface area contributed by atoms with Gasteiger partial charge in [0.05, 0.1) is 42.8 Å².